The summed E-state index contributed by atoms with van der Waals surface area (Å²) < 4.78 is 10.5. The maximum Gasteiger partial charge on any atom is 0.260 e. The summed E-state index contributed by atoms with van der Waals surface area (Å²) in [5, 5.41) is 0. The third-order valence-electron chi connectivity index (χ3n) is 3.65. The van der Waals surface area contributed by atoms with Crippen LogP contribution in [-0.2, 0) is 14.3 Å². The molecule has 114 valence electrons. The topological polar surface area (TPSA) is 81.9 Å². The normalized spacial score (nSPS) is 21.3. The molecule has 6 heteroatoms. The summed E-state index contributed by atoms with van der Waals surface area (Å²) in [6, 6.07) is 9.14. The molecule has 2 atom stereocenters. The molecule has 1 aromatic rings. The largest absolute Gasteiger partial charge is 0.484 e. The molecule has 21 heavy (non-hydrogen) atoms. The van der Waals surface area contributed by atoms with Crippen LogP contribution in [0, 0.1) is 11.8 Å². The Bertz CT molecular complexity index is 492. The summed E-state index contributed by atoms with van der Waals surface area (Å²) >= 11 is 0. The number of carbonyl (C=O) groups is 2. The standard InChI is InChI=1S/C15H20N2O4/c1-20-9-11-7-17(8-13(11)15(16)19)14(18)10-21-12-5-3-2-4-6-12/h2-6,11,13H,7-10H2,1H3,(H2,16,19)/t11-,13+/m0/s1. The summed E-state index contributed by atoms with van der Waals surface area (Å²) in [5.41, 5.74) is 5.38. The number of methoxy groups -OCH3 is 1. The van der Waals surface area contributed by atoms with Gasteiger partial charge in [0.15, 0.2) is 6.61 Å². The van der Waals surface area contributed by atoms with Crippen LogP contribution in [0.2, 0.25) is 0 Å². The average molecular weight is 292 g/mol. The Balaban J connectivity index is 1.89. The zero-order valence-electron chi connectivity index (χ0n) is 12.0. The van der Waals surface area contributed by atoms with Gasteiger partial charge in [-0.3, -0.25) is 9.59 Å². The number of ether oxygens (including phenoxy) is 2. The van der Waals surface area contributed by atoms with Crippen molar-refractivity contribution in [3.8, 4) is 5.75 Å². The van der Waals surface area contributed by atoms with Gasteiger partial charge in [-0.1, -0.05) is 18.2 Å². The van der Waals surface area contributed by atoms with Crippen molar-refractivity contribution in [2.75, 3.05) is 33.4 Å². The Morgan fingerprint density at radius 3 is 2.62 bits per heavy atom. The van der Waals surface area contributed by atoms with E-state index in [0.29, 0.717) is 25.4 Å². The van der Waals surface area contributed by atoms with Crippen molar-refractivity contribution in [3.05, 3.63) is 30.3 Å². The lowest BCUT2D eigenvalue weighted by Crippen LogP contribution is -2.34. The van der Waals surface area contributed by atoms with E-state index < -0.39 is 5.91 Å². The number of rotatable bonds is 6. The van der Waals surface area contributed by atoms with Crippen LogP contribution >= 0.6 is 0 Å². The molecule has 2 N–H and O–H groups in total. The van der Waals surface area contributed by atoms with Gasteiger partial charge < -0.3 is 20.1 Å². The van der Waals surface area contributed by atoms with Gasteiger partial charge in [0.2, 0.25) is 5.91 Å². The van der Waals surface area contributed by atoms with Gasteiger partial charge in [0.1, 0.15) is 5.75 Å². The molecule has 0 aromatic heterocycles. The highest BCUT2D eigenvalue weighted by Crippen LogP contribution is 2.23. The van der Waals surface area contributed by atoms with Gasteiger partial charge in [0, 0.05) is 26.1 Å². The summed E-state index contributed by atoms with van der Waals surface area (Å²) in [4.78, 5) is 25.2. The van der Waals surface area contributed by atoms with Gasteiger partial charge in [-0.05, 0) is 12.1 Å². The smallest absolute Gasteiger partial charge is 0.260 e. The molecular formula is C15H20N2O4. The highest BCUT2D eigenvalue weighted by molar-refractivity contribution is 5.82. The van der Waals surface area contributed by atoms with Crippen LogP contribution in [0.5, 0.6) is 5.75 Å². The quantitative estimate of drug-likeness (QED) is 0.816. The first-order valence-electron chi connectivity index (χ1n) is 6.85. The molecule has 0 radical (unpaired) electrons. The Labute approximate surface area is 123 Å². The second kappa shape index (κ2) is 7.08. The molecule has 0 bridgehead atoms. The molecule has 2 rings (SSSR count). The maximum absolute atomic E-state index is 12.1. The Kier molecular flexibility index (Phi) is 5.16. The number of para-hydroxylation sites is 1. The van der Waals surface area contributed by atoms with Crippen molar-refractivity contribution in [1.82, 2.24) is 4.90 Å². The number of likely N-dealkylation sites (tertiary alicyclic amines) is 1. The number of hydrogen-bond acceptors (Lipinski definition) is 4. The molecule has 1 aromatic carbocycles. The number of primary amides is 1. The summed E-state index contributed by atoms with van der Waals surface area (Å²) in [6.07, 6.45) is 0. The monoisotopic (exact) mass is 292 g/mol. The Morgan fingerprint density at radius 2 is 2.00 bits per heavy atom. The molecule has 6 nitrogen and oxygen atoms in total. The third kappa shape index (κ3) is 3.95. The van der Waals surface area contributed by atoms with E-state index in [1.54, 1.807) is 24.1 Å². The van der Waals surface area contributed by atoms with Crippen LogP contribution in [0.1, 0.15) is 0 Å². The number of nitrogens with zero attached hydrogens (tertiary/aromatic N) is 1. The van der Waals surface area contributed by atoms with Gasteiger partial charge >= 0.3 is 0 Å². The second-order valence-electron chi connectivity index (χ2n) is 5.12. The first kappa shape index (κ1) is 15.3. The number of benzene rings is 1. The van der Waals surface area contributed by atoms with Crippen LogP contribution in [0.4, 0.5) is 0 Å². The first-order valence-corrected chi connectivity index (χ1v) is 6.85. The number of carbonyl (C=O) groups excluding carboxylic acids is 2. The fourth-order valence-electron chi connectivity index (χ4n) is 2.53. The predicted octanol–water partition coefficient (Wildman–Crippen LogP) is 0.272. The molecule has 2 amide bonds. The molecule has 0 unspecified atom stereocenters. The summed E-state index contributed by atoms with van der Waals surface area (Å²) in [5.74, 6) is -0.302. The third-order valence-corrected chi connectivity index (χ3v) is 3.65. The summed E-state index contributed by atoms with van der Waals surface area (Å²) in [7, 11) is 1.57. The minimum absolute atomic E-state index is 0.0464. The van der Waals surface area contributed by atoms with Crippen molar-refractivity contribution in [1.29, 1.82) is 0 Å². The lowest BCUT2D eigenvalue weighted by Gasteiger charge is -2.16. The molecule has 1 heterocycles. The Morgan fingerprint density at radius 1 is 1.29 bits per heavy atom. The van der Waals surface area contributed by atoms with Gasteiger partial charge in [-0.2, -0.15) is 0 Å². The fraction of sp³-hybridized carbons (Fsp3) is 0.467. The van der Waals surface area contributed by atoms with E-state index in [-0.39, 0.29) is 24.3 Å². The number of hydrogen-bond donors (Lipinski definition) is 1. The molecule has 1 saturated heterocycles. The van der Waals surface area contributed by atoms with Gasteiger partial charge in [-0.15, -0.1) is 0 Å². The molecule has 1 fully saturated rings. The van der Waals surface area contributed by atoms with Gasteiger partial charge in [-0.25, -0.2) is 0 Å². The van der Waals surface area contributed by atoms with Gasteiger partial charge in [0.25, 0.3) is 5.91 Å². The average Bonchev–Trinajstić information content (AvgIpc) is 2.90. The lowest BCUT2D eigenvalue weighted by molar-refractivity contribution is -0.132. The van der Waals surface area contributed by atoms with Crippen LogP contribution in [0.15, 0.2) is 30.3 Å². The van der Waals surface area contributed by atoms with Crippen LogP contribution in [0.3, 0.4) is 0 Å². The van der Waals surface area contributed by atoms with E-state index in [1.807, 2.05) is 18.2 Å². The highest BCUT2D eigenvalue weighted by atomic mass is 16.5. The molecule has 1 aliphatic heterocycles. The van der Waals surface area contributed by atoms with Gasteiger partial charge in [0.05, 0.1) is 12.5 Å². The highest BCUT2D eigenvalue weighted by Gasteiger charge is 2.38. The van der Waals surface area contributed by atoms with E-state index in [0.717, 1.165) is 0 Å². The van der Waals surface area contributed by atoms with E-state index in [1.165, 1.54) is 0 Å². The second-order valence-corrected chi connectivity index (χ2v) is 5.12. The van der Waals surface area contributed by atoms with E-state index in [9.17, 15) is 9.59 Å². The van der Waals surface area contributed by atoms with Crippen LogP contribution in [-0.4, -0.2) is 50.1 Å². The minimum Gasteiger partial charge on any atom is -0.484 e. The van der Waals surface area contributed by atoms with E-state index >= 15 is 0 Å². The van der Waals surface area contributed by atoms with Crippen LogP contribution in [0.25, 0.3) is 0 Å². The van der Waals surface area contributed by atoms with E-state index in [2.05, 4.69) is 0 Å². The van der Waals surface area contributed by atoms with Crippen molar-refractivity contribution >= 4 is 11.8 Å². The molecule has 0 spiro atoms. The summed E-state index contributed by atoms with van der Waals surface area (Å²) in [6.45, 7) is 1.17. The SMILES string of the molecule is COC[C@@H]1CN(C(=O)COc2ccccc2)C[C@H]1C(N)=O. The molecular weight excluding hydrogens is 272 g/mol. The molecule has 0 aliphatic carbocycles. The predicted molar refractivity (Wildman–Crippen MR) is 76.6 cm³/mol. The fourth-order valence-corrected chi connectivity index (χ4v) is 2.53. The van der Waals surface area contributed by atoms with Crippen molar-refractivity contribution in [2.24, 2.45) is 17.6 Å². The zero-order valence-corrected chi connectivity index (χ0v) is 12.0. The van der Waals surface area contributed by atoms with Crippen molar-refractivity contribution in [2.45, 2.75) is 0 Å². The lowest BCUT2D eigenvalue weighted by atomic mass is 9.96. The number of amides is 2. The minimum atomic E-state index is -0.392. The van der Waals surface area contributed by atoms with E-state index in [4.69, 9.17) is 15.2 Å². The van der Waals surface area contributed by atoms with Crippen molar-refractivity contribution in [3.63, 3.8) is 0 Å². The zero-order chi connectivity index (χ0) is 15.2. The molecule has 0 saturated carbocycles. The molecule has 1 aliphatic rings. The maximum atomic E-state index is 12.1. The number of nitrogens with two attached hydrogens (primary N) is 1. The van der Waals surface area contributed by atoms with Crippen molar-refractivity contribution < 1.29 is 19.1 Å². The Hall–Kier alpha value is -2.08. The van der Waals surface area contributed by atoms with Crippen LogP contribution < -0.4 is 10.5 Å². The first-order chi connectivity index (χ1) is 10.1.